The molecule has 166 valence electrons. The summed E-state index contributed by atoms with van der Waals surface area (Å²) in [5, 5.41) is 0. The minimum Gasteiger partial charge on any atom is -0.206 e. The second-order valence-corrected chi connectivity index (χ2v) is 9.31. The largest absolute Gasteiger partial charge is 0.206 e. The molecule has 2 aliphatic carbocycles. The minimum absolute atomic E-state index is 0.0859. The lowest BCUT2D eigenvalue weighted by Gasteiger charge is -2.28. The summed E-state index contributed by atoms with van der Waals surface area (Å²) < 4.78 is 56.7. The molecule has 0 heterocycles. The van der Waals surface area contributed by atoms with Gasteiger partial charge in [0.15, 0.2) is 11.6 Å². The Labute approximate surface area is 182 Å². The van der Waals surface area contributed by atoms with Gasteiger partial charge in [0.2, 0.25) is 0 Å². The van der Waals surface area contributed by atoms with Crippen molar-refractivity contribution < 1.29 is 17.6 Å². The molecular formula is C27H30F4. The molecule has 0 bridgehead atoms. The fourth-order valence-corrected chi connectivity index (χ4v) is 5.24. The first-order chi connectivity index (χ1) is 14.9. The maximum Gasteiger partial charge on any atom is 0.159 e. The van der Waals surface area contributed by atoms with Crippen molar-refractivity contribution in [2.75, 3.05) is 0 Å². The van der Waals surface area contributed by atoms with Crippen LogP contribution in [0.2, 0.25) is 0 Å². The summed E-state index contributed by atoms with van der Waals surface area (Å²) in [6.45, 7) is 2.23. The van der Waals surface area contributed by atoms with Gasteiger partial charge >= 0.3 is 0 Å². The number of benzene rings is 2. The van der Waals surface area contributed by atoms with Crippen LogP contribution in [0.4, 0.5) is 17.6 Å². The van der Waals surface area contributed by atoms with E-state index in [1.165, 1.54) is 57.1 Å². The molecule has 2 aromatic carbocycles. The van der Waals surface area contributed by atoms with Gasteiger partial charge in [-0.1, -0.05) is 57.9 Å². The van der Waals surface area contributed by atoms with Crippen LogP contribution >= 0.6 is 0 Å². The van der Waals surface area contributed by atoms with Crippen LogP contribution in [-0.4, -0.2) is 0 Å². The Morgan fingerprint density at radius 1 is 0.774 bits per heavy atom. The van der Waals surface area contributed by atoms with Gasteiger partial charge in [-0.3, -0.25) is 0 Å². The summed E-state index contributed by atoms with van der Waals surface area (Å²) >= 11 is 0. The van der Waals surface area contributed by atoms with Crippen molar-refractivity contribution in [2.24, 2.45) is 11.8 Å². The second-order valence-electron chi connectivity index (χ2n) is 9.31. The average molecular weight is 431 g/mol. The number of unbranched alkanes of at least 4 members (excludes halogenated alkanes) is 1. The Kier molecular flexibility index (Phi) is 6.83. The van der Waals surface area contributed by atoms with Gasteiger partial charge in [-0.05, 0) is 77.6 Å². The molecule has 0 radical (unpaired) electrons. The maximum atomic E-state index is 14.9. The molecule has 0 N–H and O–H groups in total. The van der Waals surface area contributed by atoms with Crippen LogP contribution < -0.4 is 0 Å². The van der Waals surface area contributed by atoms with E-state index >= 15 is 0 Å². The third-order valence-corrected chi connectivity index (χ3v) is 7.09. The van der Waals surface area contributed by atoms with Crippen molar-refractivity contribution in [1.29, 1.82) is 0 Å². The number of hydrogen-bond acceptors (Lipinski definition) is 0. The Hall–Kier alpha value is -2.10. The molecule has 2 aromatic rings. The number of hydrogen-bond donors (Lipinski definition) is 0. The molecule has 0 saturated heterocycles. The highest BCUT2D eigenvalue weighted by molar-refractivity contribution is 5.89. The number of fused-ring (bicyclic) bond motifs is 1. The fraction of sp³-hybridized carbons (Fsp3) is 0.481. The van der Waals surface area contributed by atoms with Crippen molar-refractivity contribution in [2.45, 2.75) is 71.1 Å². The van der Waals surface area contributed by atoms with Crippen LogP contribution in [0.25, 0.3) is 11.6 Å². The van der Waals surface area contributed by atoms with Gasteiger partial charge in [-0.25, -0.2) is 17.6 Å². The first kappa shape index (κ1) is 22.1. The topological polar surface area (TPSA) is 0 Å². The molecule has 1 saturated carbocycles. The first-order valence-electron chi connectivity index (χ1n) is 11.6. The molecule has 0 aromatic heterocycles. The second kappa shape index (κ2) is 9.58. The van der Waals surface area contributed by atoms with E-state index in [0.717, 1.165) is 24.5 Å². The van der Waals surface area contributed by atoms with Gasteiger partial charge in [-0.15, -0.1) is 0 Å². The monoisotopic (exact) mass is 430 g/mol. The Balaban J connectivity index is 1.39. The molecule has 0 unspecified atom stereocenters. The normalized spacial score (nSPS) is 20.6. The average Bonchev–Trinajstić information content (AvgIpc) is 3.13. The van der Waals surface area contributed by atoms with Crippen molar-refractivity contribution in [1.82, 2.24) is 0 Å². The van der Waals surface area contributed by atoms with E-state index in [2.05, 4.69) is 6.92 Å². The Morgan fingerprint density at radius 2 is 1.39 bits per heavy atom. The molecule has 0 nitrogen and oxygen atoms in total. The van der Waals surface area contributed by atoms with Crippen molar-refractivity contribution in [3.63, 3.8) is 0 Å². The van der Waals surface area contributed by atoms with Crippen molar-refractivity contribution in [3.05, 3.63) is 69.8 Å². The molecule has 4 heteroatoms. The van der Waals surface area contributed by atoms with Gasteiger partial charge in [0.25, 0.3) is 0 Å². The summed E-state index contributed by atoms with van der Waals surface area (Å²) in [5.74, 6) is -1.59. The van der Waals surface area contributed by atoms with Gasteiger partial charge in [-0.2, -0.15) is 0 Å². The molecule has 0 aliphatic heterocycles. The van der Waals surface area contributed by atoms with E-state index in [-0.39, 0.29) is 12.0 Å². The van der Waals surface area contributed by atoms with Crippen LogP contribution in [0.1, 0.15) is 80.5 Å². The molecule has 31 heavy (non-hydrogen) atoms. The number of allylic oxidation sites excluding steroid dienone is 1. The molecule has 1 fully saturated rings. The van der Waals surface area contributed by atoms with E-state index in [1.807, 2.05) is 0 Å². The van der Waals surface area contributed by atoms with E-state index in [1.54, 1.807) is 6.08 Å². The SMILES string of the molecule is CCCCC1CCC(CCc2cc(F)c(C3=Cc4cc(F)c(F)cc4C3)c(F)c2)CC1. The van der Waals surface area contributed by atoms with E-state index < -0.39 is 23.3 Å². The lowest BCUT2D eigenvalue weighted by atomic mass is 9.78. The summed E-state index contributed by atoms with van der Waals surface area (Å²) in [6, 6.07) is 5.04. The maximum absolute atomic E-state index is 14.9. The van der Waals surface area contributed by atoms with Gasteiger partial charge in [0, 0.05) is 5.56 Å². The van der Waals surface area contributed by atoms with E-state index in [0.29, 0.717) is 34.6 Å². The van der Waals surface area contributed by atoms with Gasteiger partial charge < -0.3 is 0 Å². The Morgan fingerprint density at radius 3 is 2.03 bits per heavy atom. The number of halogens is 4. The molecule has 0 atom stereocenters. The third kappa shape index (κ3) is 5.05. The van der Waals surface area contributed by atoms with E-state index in [4.69, 9.17) is 0 Å². The zero-order chi connectivity index (χ0) is 22.0. The van der Waals surface area contributed by atoms with Crippen LogP contribution in [-0.2, 0) is 12.8 Å². The highest BCUT2D eigenvalue weighted by atomic mass is 19.2. The van der Waals surface area contributed by atoms with Crippen LogP contribution in [0.5, 0.6) is 0 Å². The van der Waals surface area contributed by atoms with Crippen molar-refractivity contribution in [3.8, 4) is 0 Å². The number of aryl methyl sites for hydroxylation is 1. The molecule has 0 amide bonds. The van der Waals surface area contributed by atoms with Crippen LogP contribution in [0, 0.1) is 35.1 Å². The lowest BCUT2D eigenvalue weighted by molar-refractivity contribution is 0.250. The Bertz CT molecular complexity index is 944. The first-order valence-corrected chi connectivity index (χ1v) is 11.6. The van der Waals surface area contributed by atoms with Gasteiger partial charge in [0.1, 0.15) is 11.6 Å². The van der Waals surface area contributed by atoms with Crippen molar-refractivity contribution >= 4 is 11.6 Å². The summed E-state index contributed by atoms with van der Waals surface area (Å²) in [7, 11) is 0. The zero-order valence-electron chi connectivity index (χ0n) is 18.1. The predicted molar refractivity (Wildman–Crippen MR) is 118 cm³/mol. The highest BCUT2D eigenvalue weighted by Crippen LogP contribution is 2.37. The minimum atomic E-state index is -0.952. The summed E-state index contributed by atoms with van der Waals surface area (Å²) in [6.07, 6.45) is 12.3. The summed E-state index contributed by atoms with van der Waals surface area (Å²) in [4.78, 5) is 0. The lowest BCUT2D eigenvalue weighted by Crippen LogP contribution is -2.15. The highest BCUT2D eigenvalue weighted by Gasteiger charge is 2.24. The standard InChI is InChI=1S/C27H30F4/c1-2-3-4-17-5-7-18(8-6-17)9-10-19-11-25(30)27(26(31)12-19)22-13-20-15-23(28)24(29)16-21(20)14-22/h11-13,15-18H,2-10,14H2,1H3. The third-order valence-electron chi connectivity index (χ3n) is 7.09. The quantitative estimate of drug-likeness (QED) is 0.388. The summed E-state index contributed by atoms with van der Waals surface area (Å²) in [5.41, 5.74) is 2.04. The van der Waals surface area contributed by atoms with Crippen LogP contribution in [0.3, 0.4) is 0 Å². The molecule has 4 rings (SSSR count). The molecular weight excluding hydrogens is 400 g/mol. The fourth-order valence-electron chi connectivity index (χ4n) is 5.24. The molecule has 2 aliphatic rings. The number of rotatable bonds is 7. The molecule has 0 spiro atoms. The van der Waals surface area contributed by atoms with Crippen LogP contribution in [0.15, 0.2) is 24.3 Å². The predicted octanol–water partition coefficient (Wildman–Crippen LogP) is 8.27. The zero-order valence-corrected chi connectivity index (χ0v) is 18.1. The van der Waals surface area contributed by atoms with Gasteiger partial charge in [0.05, 0.1) is 0 Å². The van der Waals surface area contributed by atoms with E-state index in [9.17, 15) is 17.6 Å². The smallest absolute Gasteiger partial charge is 0.159 e.